The molecule has 0 fully saturated rings. The van der Waals surface area contributed by atoms with Crippen molar-refractivity contribution >= 4 is 23.2 Å². The van der Waals surface area contributed by atoms with Crippen molar-refractivity contribution in [3.63, 3.8) is 0 Å². The summed E-state index contributed by atoms with van der Waals surface area (Å²) in [5, 5.41) is 0.990. The fourth-order valence-corrected chi connectivity index (χ4v) is 3.09. The molecule has 0 saturated heterocycles. The molecule has 3 nitrogen and oxygen atoms in total. The molecule has 4 heteroatoms. The first kappa shape index (κ1) is 13.9. The van der Waals surface area contributed by atoms with Crippen molar-refractivity contribution < 1.29 is 4.79 Å². The van der Waals surface area contributed by atoms with E-state index in [4.69, 9.17) is 0 Å². The Labute approximate surface area is 118 Å². The average Bonchev–Trinajstić information content (AvgIpc) is 2.63. The molecule has 0 saturated carbocycles. The quantitative estimate of drug-likeness (QED) is 0.627. The molecule has 1 atom stereocenters. The first-order valence-electron chi connectivity index (χ1n) is 6.19. The Hall–Kier alpha value is -1.55. The minimum atomic E-state index is -0.152. The van der Waals surface area contributed by atoms with Crippen LogP contribution in [0.25, 0.3) is 0 Å². The molecular formula is C15H18N2OS. The number of aryl methyl sites for hydroxylation is 1. The van der Waals surface area contributed by atoms with Crippen molar-refractivity contribution in [2.45, 2.75) is 19.8 Å². The molecule has 0 amide bonds. The van der Waals surface area contributed by atoms with Crippen LogP contribution in [0.2, 0.25) is 0 Å². The normalized spacial score (nSPS) is 19.6. The minimum absolute atomic E-state index is 0.152. The Morgan fingerprint density at radius 1 is 1.26 bits per heavy atom. The number of benzene rings is 1. The number of hydrogen-bond acceptors (Lipinski definition) is 3. The Morgan fingerprint density at radius 3 is 2.58 bits per heavy atom. The summed E-state index contributed by atoms with van der Waals surface area (Å²) in [6.45, 7) is 4.04. The summed E-state index contributed by atoms with van der Waals surface area (Å²) in [6.07, 6.45) is 1.74. The molecule has 19 heavy (non-hydrogen) atoms. The smallest absolute Gasteiger partial charge is 0.206 e. The Kier molecular flexibility index (Phi) is 4.10. The zero-order chi connectivity index (χ0) is 14.0. The SMILES string of the molecule is CC1=C(N=CN(C)C)SC(=O)C1c1ccccc1C. The van der Waals surface area contributed by atoms with Crippen molar-refractivity contribution in [1.29, 1.82) is 0 Å². The van der Waals surface area contributed by atoms with E-state index in [-0.39, 0.29) is 11.0 Å². The van der Waals surface area contributed by atoms with E-state index >= 15 is 0 Å². The van der Waals surface area contributed by atoms with Crippen LogP contribution >= 0.6 is 11.8 Å². The standard InChI is InChI=1S/C15H18N2OS/c1-10-7-5-6-8-12(10)13-11(2)14(19-15(13)18)16-9-17(3)4/h5-9,13H,1-4H3. The summed E-state index contributed by atoms with van der Waals surface area (Å²) in [5.74, 6) is -0.152. The van der Waals surface area contributed by atoms with Crippen LogP contribution in [0.1, 0.15) is 24.0 Å². The number of nitrogens with zero attached hydrogens (tertiary/aromatic N) is 2. The van der Waals surface area contributed by atoms with E-state index in [1.807, 2.05) is 57.1 Å². The van der Waals surface area contributed by atoms with Crippen LogP contribution in [0.15, 0.2) is 39.9 Å². The van der Waals surface area contributed by atoms with Crippen LogP contribution in [0.5, 0.6) is 0 Å². The second kappa shape index (κ2) is 5.61. The third-order valence-electron chi connectivity index (χ3n) is 3.11. The molecule has 0 radical (unpaired) electrons. The van der Waals surface area contributed by atoms with Gasteiger partial charge in [0.25, 0.3) is 0 Å². The number of rotatable bonds is 3. The van der Waals surface area contributed by atoms with Crippen molar-refractivity contribution in [1.82, 2.24) is 4.90 Å². The van der Waals surface area contributed by atoms with Gasteiger partial charge < -0.3 is 4.90 Å². The van der Waals surface area contributed by atoms with Crippen LogP contribution in [-0.2, 0) is 4.79 Å². The maximum Gasteiger partial charge on any atom is 0.206 e. The van der Waals surface area contributed by atoms with Gasteiger partial charge in [0.15, 0.2) is 0 Å². The van der Waals surface area contributed by atoms with E-state index in [9.17, 15) is 4.79 Å². The van der Waals surface area contributed by atoms with Crippen LogP contribution in [0.4, 0.5) is 0 Å². The molecule has 0 aromatic heterocycles. The summed E-state index contributed by atoms with van der Waals surface area (Å²) in [6, 6.07) is 8.05. The summed E-state index contributed by atoms with van der Waals surface area (Å²) >= 11 is 1.24. The third-order valence-corrected chi connectivity index (χ3v) is 4.17. The highest BCUT2D eigenvalue weighted by Crippen LogP contribution is 2.44. The number of carbonyl (C=O) groups is 1. The molecule has 0 aliphatic carbocycles. The monoisotopic (exact) mass is 274 g/mol. The molecule has 1 aromatic carbocycles. The van der Waals surface area contributed by atoms with Crippen LogP contribution in [0, 0.1) is 6.92 Å². The van der Waals surface area contributed by atoms with E-state index in [1.165, 1.54) is 11.8 Å². The van der Waals surface area contributed by atoms with E-state index in [2.05, 4.69) is 4.99 Å². The lowest BCUT2D eigenvalue weighted by Gasteiger charge is -2.12. The zero-order valence-electron chi connectivity index (χ0n) is 11.7. The lowest BCUT2D eigenvalue weighted by atomic mass is 9.91. The predicted octanol–water partition coefficient (Wildman–Crippen LogP) is 3.17. The van der Waals surface area contributed by atoms with Crippen LogP contribution < -0.4 is 0 Å². The van der Waals surface area contributed by atoms with Crippen LogP contribution in [-0.4, -0.2) is 30.4 Å². The second-order valence-corrected chi connectivity index (χ2v) is 5.90. The van der Waals surface area contributed by atoms with Gasteiger partial charge >= 0.3 is 0 Å². The fourth-order valence-electron chi connectivity index (χ4n) is 2.10. The van der Waals surface area contributed by atoms with Gasteiger partial charge in [-0.15, -0.1) is 0 Å². The molecule has 1 aliphatic heterocycles. The predicted molar refractivity (Wildman–Crippen MR) is 81.4 cm³/mol. The van der Waals surface area contributed by atoms with Crippen molar-refractivity contribution in [2.24, 2.45) is 4.99 Å². The lowest BCUT2D eigenvalue weighted by molar-refractivity contribution is -0.111. The first-order valence-corrected chi connectivity index (χ1v) is 7.01. The number of aliphatic imine (C=N–C) groups is 1. The molecule has 1 aliphatic rings. The number of carbonyl (C=O) groups excluding carboxylic acids is 1. The molecule has 1 aromatic rings. The molecule has 2 rings (SSSR count). The highest BCUT2D eigenvalue weighted by Gasteiger charge is 2.33. The summed E-state index contributed by atoms with van der Waals surface area (Å²) in [7, 11) is 3.83. The van der Waals surface area contributed by atoms with E-state index in [0.717, 1.165) is 21.7 Å². The molecule has 1 unspecified atom stereocenters. The fraction of sp³-hybridized carbons (Fsp3) is 0.333. The summed E-state index contributed by atoms with van der Waals surface area (Å²) in [4.78, 5) is 18.5. The number of hydrogen-bond donors (Lipinski definition) is 0. The van der Waals surface area contributed by atoms with E-state index < -0.39 is 0 Å². The summed E-state index contributed by atoms with van der Waals surface area (Å²) in [5.41, 5.74) is 3.29. The lowest BCUT2D eigenvalue weighted by Crippen LogP contribution is -2.07. The minimum Gasteiger partial charge on any atom is -0.369 e. The first-order chi connectivity index (χ1) is 9.00. The number of allylic oxidation sites excluding steroid dienone is 1. The highest BCUT2D eigenvalue weighted by atomic mass is 32.2. The van der Waals surface area contributed by atoms with E-state index in [0.29, 0.717) is 0 Å². The third kappa shape index (κ3) is 2.89. The summed E-state index contributed by atoms with van der Waals surface area (Å²) < 4.78 is 0. The molecule has 0 spiro atoms. The average molecular weight is 274 g/mol. The maximum absolute atomic E-state index is 12.2. The van der Waals surface area contributed by atoms with Crippen molar-refractivity contribution in [3.05, 3.63) is 46.0 Å². The van der Waals surface area contributed by atoms with Crippen LogP contribution in [0.3, 0.4) is 0 Å². The molecule has 100 valence electrons. The van der Waals surface area contributed by atoms with Crippen molar-refractivity contribution in [3.8, 4) is 0 Å². The molecule has 0 N–H and O–H groups in total. The van der Waals surface area contributed by atoms with Gasteiger partial charge in [0.05, 0.1) is 12.3 Å². The molecule has 0 bridgehead atoms. The topological polar surface area (TPSA) is 32.7 Å². The highest BCUT2D eigenvalue weighted by molar-refractivity contribution is 8.17. The largest absolute Gasteiger partial charge is 0.369 e. The van der Waals surface area contributed by atoms with Gasteiger partial charge in [0, 0.05) is 14.1 Å². The Bertz CT molecular complexity index is 561. The van der Waals surface area contributed by atoms with Gasteiger partial charge in [-0.3, -0.25) is 4.79 Å². The van der Waals surface area contributed by atoms with Gasteiger partial charge in [0.2, 0.25) is 5.12 Å². The number of thioether (sulfide) groups is 1. The Morgan fingerprint density at radius 2 is 1.95 bits per heavy atom. The van der Waals surface area contributed by atoms with E-state index in [1.54, 1.807) is 6.34 Å². The van der Waals surface area contributed by atoms with Gasteiger partial charge in [-0.25, -0.2) is 4.99 Å². The zero-order valence-corrected chi connectivity index (χ0v) is 12.5. The van der Waals surface area contributed by atoms with Crippen molar-refractivity contribution in [2.75, 3.05) is 14.1 Å². The van der Waals surface area contributed by atoms with Gasteiger partial charge in [0.1, 0.15) is 5.03 Å². The van der Waals surface area contributed by atoms with Gasteiger partial charge in [-0.05, 0) is 42.3 Å². The van der Waals surface area contributed by atoms with Gasteiger partial charge in [-0.1, -0.05) is 24.3 Å². The second-order valence-electron chi connectivity index (χ2n) is 4.91. The maximum atomic E-state index is 12.2. The Balaban J connectivity index is 2.37. The molecule has 1 heterocycles. The molecular weight excluding hydrogens is 256 g/mol. The van der Waals surface area contributed by atoms with Gasteiger partial charge in [-0.2, -0.15) is 0 Å².